The van der Waals surface area contributed by atoms with E-state index in [0.717, 1.165) is 61.4 Å². The predicted molar refractivity (Wildman–Crippen MR) is 114 cm³/mol. The van der Waals surface area contributed by atoms with Gasteiger partial charge in [-0.05, 0) is 44.2 Å². The molecule has 31 heavy (non-hydrogen) atoms. The van der Waals surface area contributed by atoms with Crippen molar-refractivity contribution in [2.24, 2.45) is 12.5 Å². The molecule has 6 rings (SSSR count). The molecular formula is C22H25N5O4. The van der Waals surface area contributed by atoms with Crippen LogP contribution in [0.5, 0.6) is 11.5 Å². The summed E-state index contributed by atoms with van der Waals surface area (Å²) >= 11 is 0. The minimum atomic E-state index is -0.0356. The van der Waals surface area contributed by atoms with E-state index in [4.69, 9.17) is 19.2 Å². The Bertz CT molecular complexity index is 1230. The van der Waals surface area contributed by atoms with E-state index in [2.05, 4.69) is 10.3 Å². The van der Waals surface area contributed by atoms with Gasteiger partial charge in [-0.1, -0.05) is 0 Å². The molecule has 9 nitrogen and oxygen atoms in total. The smallest absolute Gasteiger partial charge is 0.330 e. The molecule has 0 amide bonds. The first kappa shape index (κ1) is 18.7. The van der Waals surface area contributed by atoms with Crippen LogP contribution in [0.25, 0.3) is 11.2 Å². The molecule has 0 radical (unpaired) electrons. The summed E-state index contributed by atoms with van der Waals surface area (Å²) in [4.78, 5) is 22.3. The van der Waals surface area contributed by atoms with E-state index < -0.39 is 0 Å². The van der Waals surface area contributed by atoms with Gasteiger partial charge in [0, 0.05) is 30.3 Å². The first-order valence-corrected chi connectivity index (χ1v) is 10.7. The molecular weight excluding hydrogens is 398 g/mol. The van der Waals surface area contributed by atoms with Crippen molar-refractivity contribution in [2.45, 2.75) is 38.6 Å². The fourth-order valence-electron chi connectivity index (χ4n) is 4.98. The van der Waals surface area contributed by atoms with Crippen LogP contribution in [0.15, 0.2) is 23.1 Å². The normalized spacial score (nSPS) is 19.7. The SMILES string of the molecule is Cc1cc2c(cc1Nc1ncc3c(n1)n(C1CCC4(CC1)COC4)c(=O)n3C)OCO2. The highest BCUT2D eigenvalue weighted by molar-refractivity contribution is 5.73. The van der Waals surface area contributed by atoms with Crippen molar-refractivity contribution in [3.8, 4) is 11.5 Å². The summed E-state index contributed by atoms with van der Waals surface area (Å²) in [5, 5.41) is 3.29. The van der Waals surface area contributed by atoms with E-state index in [1.165, 1.54) is 0 Å². The molecule has 4 heterocycles. The highest BCUT2D eigenvalue weighted by atomic mass is 16.7. The summed E-state index contributed by atoms with van der Waals surface area (Å²) < 4.78 is 19.9. The molecule has 2 aromatic heterocycles. The third kappa shape index (κ3) is 2.90. The van der Waals surface area contributed by atoms with E-state index >= 15 is 0 Å². The van der Waals surface area contributed by atoms with Crippen molar-refractivity contribution in [1.29, 1.82) is 0 Å². The second-order valence-electron chi connectivity index (χ2n) is 8.98. The number of imidazole rings is 1. The Morgan fingerprint density at radius 2 is 1.90 bits per heavy atom. The van der Waals surface area contributed by atoms with Crippen LogP contribution in [0.2, 0.25) is 0 Å². The van der Waals surface area contributed by atoms with Crippen molar-refractivity contribution in [3.63, 3.8) is 0 Å². The van der Waals surface area contributed by atoms with Crippen molar-refractivity contribution < 1.29 is 14.2 Å². The topological polar surface area (TPSA) is 92.4 Å². The van der Waals surface area contributed by atoms with Crippen molar-refractivity contribution in [1.82, 2.24) is 19.1 Å². The van der Waals surface area contributed by atoms with Gasteiger partial charge in [0.15, 0.2) is 17.1 Å². The van der Waals surface area contributed by atoms with Gasteiger partial charge in [0.1, 0.15) is 5.52 Å². The number of aromatic nitrogens is 4. The van der Waals surface area contributed by atoms with Gasteiger partial charge in [-0.2, -0.15) is 4.98 Å². The Labute approximate surface area is 179 Å². The second-order valence-corrected chi connectivity index (χ2v) is 8.98. The predicted octanol–water partition coefficient (Wildman–Crippen LogP) is 3.04. The van der Waals surface area contributed by atoms with Crippen LogP contribution < -0.4 is 20.5 Å². The van der Waals surface area contributed by atoms with E-state index in [9.17, 15) is 4.79 Å². The number of nitrogens with zero attached hydrogens (tertiary/aromatic N) is 4. The molecule has 162 valence electrons. The van der Waals surface area contributed by atoms with E-state index in [0.29, 0.717) is 22.8 Å². The zero-order valence-corrected chi connectivity index (χ0v) is 17.7. The van der Waals surface area contributed by atoms with Gasteiger partial charge < -0.3 is 19.5 Å². The quantitative estimate of drug-likeness (QED) is 0.692. The summed E-state index contributed by atoms with van der Waals surface area (Å²) in [6.45, 7) is 3.93. The summed E-state index contributed by atoms with van der Waals surface area (Å²) in [6, 6.07) is 3.98. The number of rotatable bonds is 3. The van der Waals surface area contributed by atoms with Gasteiger partial charge in [0.05, 0.1) is 19.4 Å². The third-order valence-corrected chi connectivity index (χ3v) is 7.00. The largest absolute Gasteiger partial charge is 0.454 e. The summed E-state index contributed by atoms with van der Waals surface area (Å²) in [5.41, 5.74) is 3.56. The first-order chi connectivity index (χ1) is 15.0. The fourth-order valence-corrected chi connectivity index (χ4v) is 4.98. The molecule has 0 atom stereocenters. The standard InChI is InChI=1S/C22H25N5O4/c1-13-7-17-18(31-12-30-17)8-15(13)24-20-23-9-16-19(25-20)27(21(28)26(16)2)14-3-5-22(6-4-14)10-29-11-22/h7-9,14H,3-6,10-12H2,1-2H3,(H,23,24,25). The molecule has 0 bridgehead atoms. The van der Waals surface area contributed by atoms with Gasteiger partial charge in [0.2, 0.25) is 12.7 Å². The zero-order chi connectivity index (χ0) is 21.2. The molecule has 3 aromatic rings. The fraction of sp³-hybridized carbons (Fsp3) is 0.500. The van der Waals surface area contributed by atoms with Gasteiger partial charge >= 0.3 is 5.69 Å². The highest BCUT2D eigenvalue weighted by Gasteiger charge is 2.42. The Kier molecular flexibility index (Phi) is 4.05. The number of fused-ring (bicyclic) bond motifs is 2. The van der Waals surface area contributed by atoms with Gasteiger partial charge in [-0.3, -0.25) is 9.13 Å². The van der Waals surface area contributed by atoms with Crippen molar-refractivity contribution >= 4 is 22.8 Å². The molecule has 0 unspecified atom stereocenters. The Balaban J connectivity index is 1.35. The maximum Gasteiger partial charge on any atom is 0.330 e. The summed E-state index contributed by atoms with van der Waals surface area (Å²) in [7, 11) is 1.78. The third-order valence-electron chi connectivity index (χ3n) is 7.00. The molecule has 1 spiro atoms. The lowest BCUT2D eigenvalue weighted by molar-refractivity contribution is -0.135. The molecule has 1 aromatic carbocycles. The minimum Gasteiger partial charge on any atom is -0.454 e. The Morgan fingerprint density at radius 1 is 1.16 bits per heavy atom. The van der Waals surface area contributed by atoms with Crippen LogP contribution in [-0.4, -0.2) is 39.1 Å². The molecule has 9 heteroatoms. The molecule has 1 saturated carbocycles. The maximum atomic E-state index is 13.1. The van der Waals surface area contributed by atoms with Crippen LogP contribution >= 0.6 is 0 Å². The summed E-state index contributed by atoms with van der Waals surface area (Å²) in [6.07, 6.45) is 5.84. The minimum absolute atomic E-state index is 0.0356. The Morgan fingerprint density at radius 3 is 2.61 bits per heavy atom. The summed E-state index contributed by atoms with van der Waals surface area (Å²) in [5.74, 6) is 1.89. The van der Waals surface area contributed by atoms with Gasteiger partial charge in [-0.25, -0.2) is 9.78 Å². The van der Waals surface area contributed by atoms with E-state index in [1.807, 2.05) is 23.6 Å². The number of hydrogen-bond donors (Lipinski definition) is 1. The van der Waals surface area contributed by atoms with Crippen LogP contribution in [0, 0.1) is 12.3 Å². The zero-order valence-electron chi connectivity index (χ0n) is 17.7. The maximum absolute atomic E-state index is 13.1. The number of hydrogen-bond acceptors (Lipinski definition) is 7. The number of nitrogens with one attached hydrogen (secondary N) is 1. The molecule has 1 saturated heterocycles. The average Bonchev–Trinajstić information content (AvgIpc) is 3.29. The lowest BCUT2D eigenvalue weighted by atomic mass is 9.71. The second kappa shape index (κ2) is 6.71. The van der Waals surface area contributed by atoms with E-state index in [-0.39, 0.29) is 18.5 Å². The van der Waals surface area contributed by atoms with Crippen molar-refractivity contribution in [3.05, 3.63) is 34.4 Å². The lowest BCUT2D eigenvalue weighted by Crippen LogP contribution is -2.46. The van der Waals surface area contributed by atoms with Gasteiger partial charge in [0.25, 0.3) is 0 Å². The first-order valence-electron chi connectivity index (χ1n) is 10.7. The monoisotopic (exact) mass is 423 g/mol. The van der Waals surface area contributed by atoms with Gasteiger partial charge in [-0.15, -0.1) is 0 Å². The van der Waals surface area contributed by atoms with Crippen LogP contribution in [0.3, 0.4) is 0 Å². The number of ether oxygens (including phenoxy) is 3. The molecule has 2 aliphatic heterocycles. The molecule has 3 aliphatic rings. The van der Waals surface area contributed by atoms with Crippen LogP contribution in [-0.2, 0) is 11.8 Å². The van der Waals surface area contributed by atoms with Crippen molar-refractivity contribution in [2.75, 3.05) is 25.3 Å². The average molecular weight is 423 g/mol. The molecule has 1 N–H and O–H groups in total. The number of benzene rings is 1. The lowest BCUT2D eigenvalue weighted by Gasteiger charge is -2.46. The Hall–Kier alpha value is -3.07. The van der Waals surface area contributed by atoms with E-state index in [1.54, 1.807) is 17.8 Å². The highest BCUT2D eigenvalue weighted by Crippen LogP contribution is 2.45. The van der Waals surface area contributed by atoms with Crippen LogP contribution in [0.1, 0.15) is 37.3 Å². The number of anilines is 2. The number of aryl methyl sites for hydroxylation is 2. The van der Waals surface area contributed by atoms with Crippen LogP contribution in [0.4, 0.5) is 11.6 Å². The molecule has 1 aliphatic carbocycles. The molecule has 2 fully saturated rings.